The molecule has 3 N–H and O–H groups in total. The Morgan fingerprint density at radius 2 is 2.20 bits per heavy atom. The highest BCUT2D eigenvalue weighted by Crippen LogP contribution is 2.28. The van der Waals surface area contributed by atoms with E-state index in [-0.39, 0.29) is 18.2 Å². The third-order valence-corrected chi connectivity index (χ3v) is 4.43. The molecule has 1 aromatic heterocycles. The van der Waals surface area contributed by atoms with Crippen molar-refractivity contribution in [2.24, 2.45) is 0 Å². The van der Waals surface area contributed by atoms with E-state index in [1.54, 1.807) is 13.1 Å². The summed E-state index contributed by atoms with van der Waals surface area (Å²) in [6.07, 6.45) is 3.42. The Balaban J connectivity index is 1.93. The molecule has 1 amide bonds. The predicted molar refractivity (Wildman–Crippen MR) is 95.9 cm³/mol. The number of nitrogens with zero attached hydrogens (tertiary/aromatic N) is 2. The topological polar surface area (TPSA) is 87.1 Å². The molecule has 0 saturated heterocycles. The molecule has 8 heteroatoms. The van der Waals surface area contributed by atoms with E-state index in [1.165, 1.54) is 12.1 Å². The summed E-state index contributed by atoms with van der Waals surface area (Å²) in [5.41, 5.74) is 1.84. The lowest BCUT2D eigenvalue weighted by atomic mass is 10.0. The molecule has 25 heavy (non-hydrogen) atoms. The molecule has 1 aromatic carbocycles. The van der Waals surface area contributed by atoms with E-state index in [9.17, 15) is 9.18 Å². The number of aryl methyl sites for hydroxylation is 1. The molecule has 0 spiro atoms. The molecule has 0 bridgehead atoms. The number of anilines is 1. The van der Waals surface area contributed by atoms with Gasteiger partial charge < -0.3 is 15.7 Å². The fourth-order valence-corrected chi connectivity index (χ4v) is 2.84. The first-order valence-corrected chi connectivity index (χ1v) is 8.77. The van der Waals surface area contributed by atoms with Crippen LogP contribution in [0.1, 0.15) is 28.8 Å². The number of aliphatic hydroxyl groups is 1. The van der Waals surface area contributed by atoms with Crippen molar-refractivity contribution >= 4 is 27.7 Å². The number of aromatic nitrogens is 2. The summed E-state index contributed by atoms with van der Waals surface area (Å²) in [6.45, 7) is 2.09. The van der Waals surface area contributed by atoms with Crippen molar-refractivity contribution in [3.63, 3.8) is 0 Å². The lowest BCUT2D eigenvalue weighted by Crippen LogP contribution is -2.26. The lowest BCUT2D eigenvalue weighted by molar-refractivity contribution is 0.0947. The normalized spacial score (nSPS) is 13.6. The molecular weight excluding hydrogens is 391 g/mol. The number of nitrogens with one attached hydrogen (secondary N) is 2. The van der Waals surface area contributed by atoms with Crippen LogP contribution in [0, 0.1) is 12.7 Å². The second-order valence-corrected chi connectivity index (χ2v) is 6.69. The highest BCUT2D eigenvalue weighted by molar-refractivity contribution is 9.10. The van der Waals surface area contributed by atoms with Gasteiger partial charge in [-0.25, -0.2) is 14.4 Å². The highest BCUT2D eigenvalue weighted by atomic mass is 79.9. The molecule has 0 aliphatic heterocycles. The molecule has 1 fully saturated rings. The molecule has 6 nitrogen and oxygen atoms in total. The first-order valence-electron chi connectivity index (χ1n) is 7.98. The van der Waals surface area contributed by atoms with Gasteiger partial charge in [0.15, 0.2) is 5.82 Å². The third kappa shape index (κ3) is 4.13. The molecule has 1 saturated carbocycles. The number of benzene rings is 1. The van der Waals surface area contributed by atoms with Crippen LogP contribution in [0.5, 0.6) is 0 Å². The number of rotatable bonds is 6. The van der Waals surface area contributed by atoms with Gasteiger partial charge in [0.2, 0.25) is 0 Å². The van der Waals surface area contributed by atoms with Crippen LogP contribution in [-0.4, -0.2) is 40.2 Å². The Labute approximate surface area is 153 Å². The van der Waals surface area contributed by atoms with Crippen molar-refractivity contribution < 1.29 is 14.3 Å². The van der Waals surface area contributed by atoms with Crippen LogP contribution in [0.4, 0.5) is 10.2 Å². The Kier molecular flexibility index (Phi) is 5.29. The van der Waals surface area contributed by atoms with Crippen LogP contribution in [0.25, 0.3) is 11.3 Å². The highest BCUT2D eigenvalue weighted by Gasteiger charge is 2.25. The summed E-state index contributed by atoms with van der Waals surface area (Å²) in [6, 6.07) is 3.01. The second kappa shape index (κ2) is 7.45. The van der Waals surface area contributed by atoms with Gasteiger partial charge in [0, 0.05) is 18.2 Å². The fraction of sp³-hybridized carbons (Fsp3) is 0.353. The number of amides is 1. The number of halogens is 2. The fourth-order valence-electron chi connectivity index (χ4n) is 2.40. The Hall–Kier alpha value is -2.06. The van der Waals surface area contributed by atoms with Crippen molar-refractivity contribution in [2.75, 3.05) is 18.5 Å². The van der Waals surface area contributed by atoms with Gasteiger partial charge in [-0.05, 0) is 53.4 Å². The Morgan fingerprint density at radius 3 is 2.84 bits per heavy atom. The monoisotopic (exact) mass is 408 g/mol. The molecule has 1 heterocycles. The predicted octanol–water partition coefficient (Wildman–Crippen LogP) is 2.65. The third-order valence-electron chi connectivity index (χ3n) is 3.88. The van der Waals surface area contributed by atoms with Crippen LogP contribution >= 0.6 is 15.9 Å². The second-order valence-electron chi connectivity index (χ2n) is 5.94. The van der Waals surface area contributed by atoms with Gasteiger partial charge >= 0.3 is 0 Å². The van der Waals surface area contributed by atoms with Crippen molar-refractivity contribution in [1.82, 2.24) is 15.3 Å². The number of aliphatic hydroxyl groups excluding tert-OH is 1. The van der Waals surface area contributed by atoms with E-state index >= 15 is 0 Å². The summed E-state index contributed by atoms with van der Waals surface area (Å²) in [5.74, 6) is -0.452. The van der Waals surface area contributed by atoms with E-state index in [4.69, 9.17) is 5.11 Å². The van der Waals surface area contributed by atoms with E-state index in [1.807, 2.05) is 0 Å². The number of carbonyl (C=O) groups excluding carboxylic acids is 1. The van der Waals surface area contributed by atoms with Gasteiger partial charge in [-0.15, -0.1) is 0 Å². The van der Waals surface area contributed by atoms with Crippen molar-refractivity contribution in [3.8, 4) is 11.3 Å². The minimum Gasteiger partial charge on any atom is -0.395 e. The summed E-state index contributed by atoms with van der Waals surface area (Å²) in [4.78, 5) is 20.9. The van der Waals surface area contributed by atoms with E-state index in [0.29, 0.717) is 33.8 Å². The molecule has 2 aromatic rings. The smallest absolute Gasteiger partial charge is 0.254 e. The molecular formula is C17H18BrFN4O2. The maximum Gasteiger partial charge on any atom is 0.254 e. The van der Waals surface area contributed by atoms with Crippen molar-refractivity contribution in [3.05, 3.63) is 39.9 Å². The molecule has 0 unspecified atom stereocenters. The quantitative estimate of drug-likeness (QED) is 0.683. The van der Waals surface area contributed by atoms with E-state index in [2.05, 4.69) is 36.5 Å². The van der Waals surface area contributed by atoms with E-state index < -0.39 is 11.7 Å². The maximum atomic E-state index is 14.2. The van der Waals surface area contributed by atoms with Crippen LogP contribution in [0.3, 0.4) is 0 Å². The van der Waals surface area contributed by atoms with Gasteiger partial charge in [0.25, 0.3) is 5.91 Å². The summed E-state index contributed by atoms with van der Waals surface area (Å²) < 4.78 is 14.7. The lowest BCUT2D eigenvalue weighted by Gasteiger charge is -2.12. The van der Waals surface area contributed by atoms with Crippen LogP contribution in [0.2, 0.25) is 0 Å². The minimum absolute atomic E-state index is 0.00732. The maximum absolute atomic E-state index is 14.2. The molecule has 1 aliphatic carbocycles. The van der Waals surface area contributed by atoms with Gasteiger partial charge in [0.1, 0.15) is 10.4 Å². The number of hydrogen-bond acceptors (Lipinski definition) is 5. The Morgan fingerprint density at radius 1 is 1.44 bits per heavy atom. The van der Waals surface area contributed by atoms with Crippen LogP contribution in [-0.2, 0) is 0 Å². The summed E-state index contributed by atoms with van der Waals surface area (Å²) >= 11 is 3.33. The first-order chi connectivity index (χ1) is 12.0. The summed E-state index contributed by atoms with van der Waals surface area (Å²) in [7, 11) is 0. The molecule has 132 valence electrons. The molecule has 1 aliphatic rings. The van der Waals surface area contributed by atoms with Crippen molar-refractivity contribution in [1.29, 1.82) is 0 Å². The van der Waals surface area contributed by atoms with Gasteiger partial charge in [-0.2, -0.15) is 0 Å². The van der Waals surface area contributed by atoms with Crippen molar-refractivity contribution in [2.45, 2.75) is 25.8 Å². The van der Waals surface area contributed by atoms with Crippen LogP contribution < -0.4 is 10.6 Å². The zero-order valence-electron chi connectivity index (χ0n) is 13.6. The molecule has 3 rings (SSSR count). The zero-order chi connectivity index (χ0) is 18.0. The number of hydrogen-bond donors (Lipinski definition) is 3. The summed E-state index contributed by atoms with van der Waals surface area (Å²) in [5, 5.41) is 14.6. The number of carbonyl (C=O) groups is 1. The minimum atomic E-state index is -0.548. The largest absolute Gasteiger partial charge is 0.395 e. The first kappa shape index (κ1) is 17.8. The Bertz CT molecular complexity index is 811. The van der Waals surface area contributed by atoms with Gasteiger partial charge in [-0.3, -0.25) is 4.79 Å². The average Bonchev–Trinajstić information content (AvgIpc) is 3.37. The van der Waals surface area contributed by atoms with Crippen LogP contribution in [0.15, 0.2) is 22.9 Å². The molecule has 0 atom stereocenters. The average molecular weight is 409 g/mol. The molecule has 0 radical (unpaired) electrons. The SMILES string of the molecule is Cc1cc(F)c(C(=O)NC2CC2)cc1-c1cnc(NCCO)c(Br)n1. The van der Waals surface area contributed by atoms with Gasteiger partial charge in [-0.1, -0.05) is 0 Å². The standard InChI is InChI=1S/C17H18BrFN4O2/c1-9-6-13(19)12(17(25)22-10-2-3-10)7-11(9)14-8-21-16(15(18)23-14)20-4-5-24/h6-8,10,24H,2-5H2,1H3,(H,20,21)(H,22,25). The van der Waals surface area contributed by atoms with Gasteiger partial charge in [0.05, 0.1) is 24.1 Å². The zero-order valence-corrected chi connectivity index (χ0v) is 15.2. The van der Waals surface area contributed by atoms with E-state index in [0.717, 1.165) is 12.8 Å².